The van der Waals surface area contributed by atoms with E-state index in [1.807, 2.05) is 60.8 Å². The van der Waals surface area contributed by atoms with Crippen LogP contribution in [0.5, 0.6) is 5.75 Å². The Bertz CT molecular complexity index is 863. The number of aryl methyl sites for hydroxylation is 1. The molecule has 0 atom stereocenters. The van der Waals surface area contributed by atoms with Crippen LogP contribution < -0.4 is 10.1 Å². The lowest BCUT2D eigenvalue weighted by atomic mass is 10.2. The molecule has 128 valence electrons. The number of carbonyl (C=O) groups is 1. The minimum Gasteiger partial charge on any atom is -0.495 e. The molecule has 25 heavy (non-hydrogen) atoms. The van der Waals surface area contributed by atoms with E-state index >= 15 is 0 Å². The summed E-state index contributed by atoms with van der Waals surface area (Å²) in [4.78, 5) is 16.8. The Morgan fingerprint density at radius 2 is 2.04 bits per heavy atom. The Morgan fingerprint density at radius 1 is 1.24 bits per heavy atom. The summed E-state index contributed by atoms with van der Waals surface area (Å²) in [6.07, 6.45) is 0. The fourth-order valence-electron chi connectivity index (χ4n) is 2.30. The average molecular weight is 370 g/mol. The molecule has 0 spiro atoms. The standard InChI is InChI=1S/C19H18N2O2S2/c1-13-8-9-17(23-2)15(10-13)20-18(22)12-25-19-21-16(11-24-19)14-6-4-3-5-7-14/h3-11H,12H2,1-2H3,(H,20,22). The number of thiazole rings is 1. The molecule has 1 N–H and O–H groups in total. The van der Waals surface area contributed by atoms with Crippen molar-refractivity contribution >= 4 is 34.7 Å². The van der Waals surface area contributed by atoms with Gasteiger partial charge in [-0.3, -0.25) is 4.79 Å². The third-order valence-electron chi connectivity index (χ3n) is 3.51. The highest BCUT2D eigenvalue weighted by molar-refractivity contribution is 8.01. The van der Waals surface area contributed by atoms with Gasteiger partial charge in [0.2, 0.25) is 5.91 Å². The maximum absolute atomic E-state index is 12.2. The number of aromatic nitrogens is 1. The van der Waals surface area contributed by atoms with Gasteiger partial charge in [0.25, 0.3) is 0 Å². The molecular formula is C19H18N2O2S2. The van der Waals surface area contributed by atoms with Gasteiger partial charge >= 0.3 is 0 Å². The molecule has 0 unspecified atom stereocenters. The molecule has 2 aromatic carbocycles. The van der Waals surface area contributed by atoms with Crippen molar-refractivity contribution in [2.45, 2.75) is 11.3 Å². The van der Waals surface area contributed by atoms with E-state index in [-0.39, 0.29) is 5.91 Å². The van der Waals surface area contributed by atoms with Crippen LogP contribution in [-0.2, 0) is 4.79 Å². The molecule has 3 rings (SSSR count). The van der Waals surface area contributed by atoms with Gasteiger partial charge in [0.15, 0.2) is 4.34 Å². The number of rotatable bonds is 6. The number of ether oxygens (including phenoxy) is 1. The van der Waals surface area contributed by atoms with Crippen molar-refractivity contribution in [2.24, 2.45) is 0 Å². The SMILES string of the molecule is COc1ccc(C)cc1NC(=O)CSc1nc(-c2ccccc2)cs1. The second kappa shape index (κ2) is 8.18. The zero-order chi connectivity index (χ0) is 17.6. The number of methoxy groups -OCH3 is 1. The van der Waals surface area contributed by atoms with Crippen LogP contribution >= 0.6 is 23.1 Å². The highest BCUT2D eigenvalue weighted by Crippen LogP contribution is 2.29. The highest BCUT2D eigenvalue weighted by Gasteiger charge is 2.10. The molecule has 4 nitrogen and oxygen atoms in total. The van der Waals surface area contributed by atoms with Crippen molar-refractivity contribution < 1.29 is 9.53 Å². The second-order valence-electron chi connectivity index (χ2n) is 5.41. The fourth-order valence-corrected chi connectivity index (χ4v) is 3.93. The van der Waals surface area contributed by atoms with Gasteiger partial charge < -0.3 is 10.1 Å². The Balaban J connectivity index is 1.60. The lowest BCUT2D eigenvalue weighted by Crippen LogP contribution is -2.14. The molecule has 0 aliphatic rings. The quantitative estimate of drug-likeness (QED) is 0.630. The van der Waals surface area contributed by atoms with Crippen molar-refractivity contribution in [1.29, 1.82) is 0 Å². The molecule has 0 bridgehead atoms. The molecule has 0 aliphatic heterocycles. The summed E-state index contributed by atoms with van der Waals surface area (Å²) in [5, 5.41) is 4.92. The topological polar surface area (TPSA) is 51.2 Å². The Labute approximate surface area is 155 Å². The summed E-state index contributed by atoms with van der Waals surface area (Å²) >= 11 is 2.99. The molecule has 0 saturated heterocycles. The third-order valence-corrected chi connectivity index (χ3v) is 5.53. The Hall–Kier alpha value is -2.31. The molecule has 0 saturated carbocycles. The van der Waals surface area contributed by atoms with Crippen molar-refractivity contribution in [3.8, 4) is 17.0 Å². The van der Waals surface area contributed by atoms with Gasteiger partial charge in [0, 0.05) is 10.9 Å². The van der Waals surface area contributed by atoms with Crippen molar-refractivity contribution in [3.63, 3.8) is 0 Å². The number of hydrogen-bond acceptors (Lipinski definition) is 5. The number of nitrogens with one attached hydrogen (secondary N) is 1. The largest absolute Gasteiger partial charge is 0.495 e. The van der Waals surface area contributed by atoms with Crippen LogP contribution in [0.1, 0.15) is 5.56 Å². The summed E-state index contributed by atoms with van der Waals surface area (Å²) in [5.74, 6) is 0.883. The third kappa shape index (κ3) is 4.61. The normalized spacial score (nSPS) is 10.5. The van der Waals surface area contributed by atoms with Crippen LogP contribution in [-0.4, -0.2) is 23.8 Å². The van der Waals surface area contributed by atoms with Gasteiger partial charge in [-0.2, -0.15) is 0 Å². The van der Waals surface area contributed by atoms with Gasteiger partial charge in [0.05, 0.1) is 24.2 Å². The van der Waals surface area contributed by atoms with Gasteiger partial charge in [-0.1, -0.05) is 48.2 Å². The van der Waals surface area contributed by atoms with Crippen LogP contribution in [0.2, 0.25) is 0 Å². The number of anilines is 1. The van der Waals surface area contributed by atoms with Crippen LogP contribution in [0.4, 0.5) is 5.69 Å². The molecular weight excluding hydrogens is 352 g/mol. The van der Waals surface area contributed by atoms with Crippen molar-refractivity contribution in [3.05, 3.63) is 59.5 Å². The van der Waals surface area contributed by atoms with Crippen LogP contribution in [0.25, 0.3) is 11.3 Å². The molecule has 0 radical (unpaired) electrons. The van der Waals surface area contributed by atoms with Crippen LogP contribution in [0, 0.1) is 6.92 Å². The Kier molecular flexibility index (Phi) is 5.73. The monoisotopic (exact) mass is 370 g/mol. The zero-order valence-corrected chi connectivity index (χ0v) is 15.6. The van der Waals surface area contributed by atoms with E-state index in [9.17, 15) is 4.79 Å². The van der Waals surface area contributed by atoms with Gasteiger partial charge in [-0.05, 0) is 24.6 Å². The van der Waals surface area contributed by atoms with E-state index in [2.05, 4.69) is 10.3 Å². The van der Waals surface area contributed by atoms with E-state index in [4.69, 9.17) is 4.74 Å². The molecule has 6 heteroatoms. The van der Waals surface area contributed by atoms with Crippen molar-refractivity contribution in [2.75, 3.05) is 18.2 Å². The van der Waals surface area contributed by atoms with Crippen molar-refractivity contribution in [1.82, 2.24) is 4.98 Å². The van der Waals surface area contributed by atoms with Gasteiger partial charge in [0.1, 0.15) is 5.75 Å². The smallest absolute Gasteiger partial charge is 0.234 e. The van der Waals surface area contributed by atoms with Crippen LogP contribution in [0.15, 0.2) is 58.3 Å². The van der Waals surface area contributed by atoms with E-state index in [1.54, 1.807) is 18.4 Å². The number of hydrogen-bond donors (Lipinski definition) is 1. The summed E-state index contributed by atoms with van der Waals surface area (Å²) in [6, 6.07) is 15.7. The van der Waals surface area contributed by atoms with E-state index in [1.165, 1.54) is 11.8 Å². The fraction of sp³-hybridized carbons (Fsp3) is 0.158. The molecule has 1 amide bonds. The first kappa shape index (κ1) is 17.5. The summed E-state index contributed by atoms with van der Waals surface area (Å²) in [7, 11) is 1.59. The number of thioether (sulfide) groups is 1. The first-order chi connectivity index (χ1) is 12.2. The maximum atomic E-state index is 12.2. The molecule has 1 aromatic heterocycles. The van der Waals surface area contributed by atoms with E-state index < -0.39 is 0 Å². The lowest BCUT2D eigenvalue weighted by molar-refractivity contribution is -0.113. The predicted molar refractivity (Wildman–Crippen MR) is 105 cm³/mol. The predicted octanol–water partition coefficient (Wildman–Crippen LogP) is 4.86. The Morgan fingerprint density at radius 3 is 2.80 bits per heavy atom. The second-order valence-corrected chi connectivity index (χ2v) is 7.49. The molecule has 3 aromatic rings. The summed E-state index contributed by atoms with van der Waals surface area (Å²) in [5.41, 5.74) is 3.78. The first-order valence-electron chi connectivity index (χ1n) is 7.74. The minimum absolute atomic E-state index is 0.0784. The molecule has 0 fully saturated rings. The number of carbonyl (C=O) groups excluding carboxylic acids is 1. The van der Waals surface area contributed by atoms with Gasteiger partial charge in [-0.15, -0.1) is 11.3 Å². The van der Waals surface area contributed by atoms with E-state index in [0.717, 1.165) is 21.2 Å². The summed E-state index contributed by atoms with van der Waals surface area (Å²) in [6.45, 7) is 1.98. The number of benzene rings is 2. The van der Waals surface area contributed by atoms with Gasteiger partial charge in [-0.25, -0.2) is 4.98 Å². The van der Waals surface area contributed by atoms with E-state index in [0.29, 0.717) is 17.2 Å². The minimum atomic E-state index is -0.0784. The lowest BCUT2D eigenvalue weighted by Gasteiger charge is -2.10. The molecule has 0 aliphatic carbocycles. The number of amides is 1. The zero-order valence-electron chi connectivity index (χ0n) is 14.0. The average Bonchev–Trinajstić information content (AvgIpc) is 3.10. The molecule has 1 heterocycles. The highest BCUT2D eigenvalue weighted by atomic mass is 32.2. The maximum Gasteiger partial charge on any atom is 0.234 e. The van der Waals surface area contributed by atoms with Crippen LogP contribution in [0.3, 0.4) is 0 Å². The summed E-state index contributed by atoms with van der Waals surface area (Å²) < 4.78 is 6.16. The number of nitrogens with zero attached hydrogens (tertiary/aromatic N) is 1. The first-order valence-corrected chi connectivity index (χ1v) is 9.60.